The molecule has 0 aliphatic rings. The lowest BCUT2D eigenvalue weighted by molar-refractivity contribution is -0.274. The number of alkyl halides is 3. The van der Waals surface area contributed by atoms with E-state index in [1.165, 1.54) is 18.3 Å². The number of benzene rings is 2. The molecule has 0 radical (unpaired) electrons. The van der Waals surface area contributed by atoms with E-state index in [9.17, 15) is 26.7 Å². The fraction of sp³-hybridized carbons (Fsp3) is 0.111. The molecular weight excluding hydrogens is 403 g/mol. The molecule has 10 heteroatoms. The van der Waals surface area contributed by atoms with Crippen LogP contribution in [0.5, 0.6) is 5.75 Å². The van der Waals surface area contributed by atoms with Crippen LogP contribution >= 0.6 is 11.3 Å². The quantitative estimate of drug-likeness (QED) is 0.570. The highest BCUT2D eigenvalue weighted by molar-refractivity contribution is 7.19. The number of halogens is 5. The average molecular weight is 414 g/mol. The number of carbonyl (C=O) groups excluding carboxylic acids is 1. The van der Waals surface area contributed by atoms with Crippen molar-refractivity contribution in [3.05, 3.63) is 65.4 Å². The Morgan fingerprint density at radius 3 is 2.43 bits per heavy atom. The van der Waals surface area contributed by atoms with Gasteiger partial charge in [-0.05, 0) is 48.4 Å². The van der Waals surface area contributed by atoms with Crippen LogP contribution in [0.2, 0.25) is 0 Å². The number of carbonyl (C=O) groups is 1. The molecule has 1 aromatic heterocycles. The molecule has 4 nitrogen and oxygen atoms in total. The first-order valence-electron chi connectivity index (χ1n) is 7.72. The first-order chi connectivity index (χ1) is 13.1. The predicted octanol–water partition coefficient (Wildman–Crippen LogP) is 5.55. The molecule has 146 valence electrons. The predicted molar refractivity (Wildman–Crippen MR) is 93.3 cm³/mol. The molecule has 1 heterocycles. The number of aryl methyl sites for hydroxylation is 1. The van der Waals surface area contributed by atoms with Crippen molar-refractivity contribution in [2.45, 2.75) is 13.3 Å². The van der Waals surface area contributed by atoms with Gasteiger partial charge in [0.15, 0.2) is 5.13 Å². The summed E-state index contributed by atoms with van der Waals surface area (Å²) in [6.07, 6.45) is -3.40. The SMILES string of the molecule is Cc1cc(OC(F)(F)F)ccc1-c1cnc(NC(=O)c2c(F)cccc2F)s1. The lowest BCUT2D eigenvalue weighted by Crippen LogP contribution is -2.17. The Kier molecular flexibility index (Phi) is 5.32. The van der Waals surface area contributed by atoms with Crippen LogP contribution in [0.4, 0.5) is 27.1 Å². The van der Waals surface area contributed by atoms with Crippen LogP contribution in [-0.2, 0) is 0 Å². The van der Waals surface area contributed by atoms with Crippen molar-refractivity contribution < 1.29 is 31.5 Å². The second kappa shape index (κ2) is 7.55. The van der Waals surface area contributed by atoms with Crippen molar-refractivity contribution in [2.24, 2.45) is 0 Å². The Hall–Kier alpha value is -3.01. The number of aromatic nitrogens is 1. The zero-order valence-corrected chi connectivity index (χ0v) is 14.9. The van der Waals surface area contributed by atoms with Crippen molar-refractivity contribution in [2.75, 3.05) is 5.32 Å². The Labute approximate surface area is 159 Å². The normalized spacial score (nSPS) is 11.4. The minimum atomic E-state index is -4.79. The first kappa shape index (κ1) is 19.7. The summed E-state index contributed by atoms with van der Waals surface area (Å²) in [5, 5.41) is 2.39. The van der Waals surface area contributed by atoms with Gasteiger partial charge in [-0.1, -0.05) is 17.4 Å². The van der Waals surface area contributed by atoms with Gasteiger partial charge in [-0.3, -0.25) is 10.1 Å². The average Bonchev–Trinajstić information content (AvgIpc) is 3.01. The molecule has 28 heavy (non-hydrogen) atoms. The van der Waals surface area contributed by atoms with Crippen LogP contribution in [0, 0.1) is 18.6 Å². The zero-order chi connectivity index (χ0) is 20.5. The first-order valence-corrected chi connectivity index (χ1v) is 8.53. The summed E-state index contributed by atoms with van der Waals surface area (Å²) in [4.78, 5) is 16.6. The molecule has 0 aliphatic heterocycles. The molecule has 1 amide bonds. The number of thiazole rings is 1. The number of anilines is 1. The summed E-state index contributed by atoms with van der Waals surface area (Å²) in [7, 11) is 0. The summed E-state index contributed by atoms with van der Waals surface area (Å²) in [5.41, 5.74) is 0.331. The van der Waals surface area contributed by atoms with Gasteiger partial charge >= 0.3 is 6.36 Å². The molecule has 0 saturated carbocycles. The molecular formula is C18H11F5N2O2S. The van der Waals surface area contributed by atoms with Gasteiger partial charge in [0.25, 0.3) is 5.91 Å². The highest BCUT2D eigenvalue weighted by Crippen LogP contribution is 2.34. The highest BCUT2D eigenvalue weighted by atomic mass is 32.1. The van der Waals surface area contributed by atoms with Gasteiger partial charge in [0, 0.05) is 6.20 Å². The summed E-state index contributed by atoms with van der Waals surface area (Å²) in [6.45, 7) is 1.59. The van der Waals surface area contributed by atoms with Crippen molar-refractivity contribution in [1.29, 1.82) is 0 Å². The third-order valence-electron chi connectivity index (χ3n) is 3.61. The lowest BCUT2D eigenvalue weighted by Gasteiger charge is -2.10. The summed E-state index contributed by atoms with van der Waals surface area (Å²) < 4.78 is 68.1. The molecule has 0 fully saturated rings. The van der Waals surface area contributed by atoms with Crippen LogP contribution in [-0.4, -0.2) is 17.3 Å². The number of ether oxygens (including phenoxy) is 1. The van der Waals surface area contributed by atoms with E-state index in [0.717, 1.165) is 35.6 Å². The maximum atomic E-state index is 13.7. The zero-order valence-electron chi connectivity index (χ0n) is 14.1. The van der Waals surface area contributed by atoms with E-state index in [4.69, 9.17) is 0 Å². The molecule has 2 aromatic carbocycles. The highest BCUT2D eigenvalue weighted by Gasteiger charge is 2.31. The topological polar surface area (TPSA) is 51.2 Å². The van der Waals surface area contributed by atoms with Crippen LogP contribution in [0.25, 0.3) is 10.4 Å². The minimum Gasteiger partial charge on any atom is -0.406 e. The Bertz CT molecular complexity index is 1010. The molecule has 0 bridgehead atoms. The van der Waals surface area contributed by atoms with E-state index >= 15 is 0 Å². The monoisotopic (exact) mass is 414 g/mol. The smallest absolute Gasteiger partial charge is 0.406 e. The standard InChI is InChI=1S/C18H11F5N2O2S/c1-9-7-10(27-18(21,22)23)5-6-11(9)14-8-24-17(28-14)25-16(26)15-12(19)3-2-4-13(15)20/h2-8H,1H3,(H,24,25,26). The van der Waals surface area contributed by atoms with Gasteiger partial charge in [-0.2, -0.15) is 0 Å². The van der Waals surface area contributed by atoms with E-state index in [2.05, 4.69) is 15.0 Å². The maximum absolute atomic E-state index is 13.7. The second-order valence-electron chi connectivity index (χ2n) is 5.60. The molecule has 3 rings (SSSR count). The number of nitrogens with one attached hydrogen (secondary N) is 1. The number of nitrogens with zero attached hydrogens (tertiary/aromatic N) is 1. The summed E-state index contributed by atoms with van der Waals surface area (Å²) in [5.74, 6) is -3.38. The van der Waals surface area contributed by atoms with Gasteiger partial charge < -0.3 is 4.74 Å². The molecule has 0 aliphatic carbocycles. The van der Waals surface area contributed by atoms with Crippen LogP contribution in [0.1, 0.15) is 15.9 Å². The Morgan fingerprint density at radius 2 is 1.82 bits per heavy atom. The van der Waals surface area contributed by atoms with Crippen LogP contribution < -0.4 is 10.1 Å². The molecule has 1 N–H and O–H groups in total. The van der Waals surface area contributed by atoms with E-state index in [-0.39, 0.29) is 10.9 Å². The van der Waals surface area contributed by atoms with Crippen molar-refractivity contribution >= 4 is 22.4 Å². The van der Waals surface area contributed by atoms with E-state index in [1.54, 1.807) is 6.92 Å². The second-order valence-corrected chi connectivity index (χ2v) is 6.64. The van der Waals surface area contributed by atoms with Gasteiger partial charge in [0.2, 0.25) is 0 Å². The van der Waals surface area contributed by atoms with Gasteiger partial charge in [-0.25, -0.2) is 13.8 Å². The molecule has 0 spiro atoms. The molecule has 3 aromatic rings. The third-order valence-corrected chi connectivity index (χ3v) is 4.56. The number of amides is 1. The largest absolute Gasteiger partial charge is 0.573 e. The third kappa shape index (κ3) is 4.45. The van der Waals surface area contributed by atoms with Crippen molar-refractivity contribution in [3.8, 4) is 16.2 Å². The fourth-order valence-corrected chi connectivity index (χ4v) is 3.34. The molecule has 0 atom stereocenters. The summed E-state index contributed by atoms with van der Waals surface area (Å²) in [6, 6.07) is 6.85. The Balaban J connectivity index is 1.80. The number of rotatable bonds is 4. The molecule has 0 saturated heterocycles. The lowest BCUT2D eigenvalue weighted by atomic mass is 10.1. The van der Waals surface area contributed by atoms with E-state index < -0.39 is 29.5 Å². The van der Waals surface area contributed by atoms with Gasteiger partial charge in [0.1, 0.15) is 22.9 Å². The maximum Gasteiger partial charge on any atom is 0.573 e. The van der Waals surface area contributed by atoms with Crippen LogP contribution in [0.3, 0.4) is 0 Å². The van der Waals surface area contributed by atoms with Gasteiger partial charge in [0.05, 0.1) is 4.88 Å². The Morgan fingerprint density at radius 1 is 1.14 bits per heavy atom. The van der Waals surface area contributed by atoms with E-state index in [0.29, 0.717) is 16.0 Å². The number of hydrogen-bond acceptors (Lipinski definition) is 4. The van der Waals surface area contributed by atoms with Crippen molar-refractivity contribution in [3.63, 3.8) is 0 Å². The number of hydrogen-bond donors (Lipinski definition) is 1. The fourth-order valence-electron chi connectivity index (χ4n) is 2.44. The van der Waals surface area contributed by atoms with Gasteiger partial charge in [-0.15, -0.1) is 13.2 Å². The summed E-state index contributed by atoms with van der Waals surface area (Å²) >= 11 is 1.00. The van der Waals surface area contributed by atoms with Crippen molar-refractivity contribution in [1.82, 2.24) is 4.98 Å². The minimum absolute atomic E-state index is 0.0812. The van der Waals surface area contributed by atoms with Crippen LogP contribution in [0.15, 0.2) is 42.6 Å². The van der Waals surface area contributed by atoms with E-state index in [1.807, 2.05) is 0 Å². The molecule has 0 unspecified atom stereocenters.